The molecule has 0 bridgehead atoms. The predicted octanol–water partition coefficient (Wildman–Crippen LogP) is 3.65. The first-order chi connectivity index (χ1) is 10.8. The van der Waals surface area contributed by atoms with Crippen molar-refractivity contribution < 1.29 is 14.3 Å². The van der Waals surface area contributed by atoms with E-state index in [1.807, 2.05) is 29.2 Å². The van der Waals surface area contributed by atoms with E-state index in [1.54, 1.807) is 0 Å². The van der Waals surface area contributed by atoms with E-state index in [9.17, 15) is 4.79 Å². The fraction of sp³-hybridized carbons (Fsp3) is 0.611. The third kappa shape index (κ3) is 5.58. The van der Waals surface area contributed by atoms with E-state index in [0.717, 1.165) is 38.1 Å². The average Bonchev–Trinajstić information content (AvgIpc) is 2.51. The molecule has 0 unspecified atom stereocenters. The Hall–Kier alpha value is -1.71. The quantitative estimate of drug-likeness (QED) is 0.805. The molecular weight excluding hydrogens is 278 g/mol. The molecule has 2 rings (SSSR count). The van der Waals surface area contributed by atoms with E-state index in [4.69, 9.17) is 9.47 Å². The number of rotatable bonds is 6. The lowest BCUT2D eigenvalue weighted by atomic mass is 10.1. The van der Waals surface area contributed by atoms with Crippen LogP contribution in [0.5, 0.6) is 11.5 Å². The average molecular weight is 305 g/mol. The van der Waals surface area contributed by atoms with Crippen molar-refractivity contribution in [1.29, 1.82) is 0 Å². The number of carbonyl (C=O) groups is 1. The number of ether oxygens (including phenoxy) is 2. The van der Waals surface area contributed by atoms with Gasteiger partial charge in [-0.2, -0.15) is 0 Å². The molecule has 1 amide bonds. The van der Waals surface area contributed by atoms with Crippen LogP contribution < -0.4 is 9.47 Å². The Bertz CT molecular complexity index is 436. The van der Waals surface area contributed by atoms with Crippen molar-refractivity contribution in [1.82, 2.24) is 4.90 Å². The van der Waals surface area contributed by atoms with Crippen LogP contribution in [-0.2, 0) is 4.79 Å². The summed E-state index contributed by atoms with van der Waals surface area (Å²) in [5, 5.41) is 0. The number of carbonyl (C=O) groups excluding carboxylic acids is 1. The molecular formula is C18H27NO3. The van der Waals surface area contributed by atoms with Gasteiger partial charge in [0.15, 0.2) is 6.61 Å². The first-order valence-corrected chi connectivity index (χ1v) is 8.43. The summed E-state index contributed by atoms with van der Waals surface area (Å²) in [6.45, 7) is 4.65. The van der Waals surface area contributed by atoms with Gasteiger partial charge in [0.1, 0.15) is 11.5 Å². The second kappa shape index (κ2) is 9.34. The zero-order valence-electron chi connectivity index (χ0n) is 13.6. The number of likely N-dealkylation sites (tertiary alicyclic amines) is 1. The zero-order valence-corrected chi connectivity index (χ0v) is 13.6. The van der Waals surface area contributed by atoms with Crippen LogP contribution in [0.25, 0.3) is 0 Å². The van der Waals surface area contributed by atoms with Crippen molar-refractivity contribution in [2.75, 3.05) is 26.3 Å². The molecule has 0 N–H and O–H groups in total. The highest BCUT2D eigenvalue weighted by molar-refractivity contribution is 5.77. The molecule has 1 heterocycles. The first kappa shape index (κ1) is 16.7. The Morgan fingerprint density at radius 1 is 0.955 bits per heavy atom. The largest absolute Gasteiger partial charge is 0.494 e. The van der Waals surface area contributed by atoms with Gasteiger partial charge in [0.25, 0.3) is 5.91 Å². The van der Waals surface area contributed by atoms with Gasteiger partial charge in [-0.1, -0.05) is 26.2 Å². The minimum Gasteiger partial charge on any atom is -0.494 e. The number of amides is 1. The molecule has 4 heteroatoms. The maximum absolute atomic E-state index is 12.2. The van der Waals surface area contributed by atoms with Crippen LogP contribution in [0.1, 0.15) is 45.4 Å². The highest BCUT2D eigenvalue weighted by Gasteiger charge is 2.15. The Balaban J connectivity index is 1.77. The van der Waals surface area contributed by atoms with Crippen LogP contribution >= 0.6 is 0 Å². The normalized spacial score (nSPS) is 15.8. The Morgan fingerprint density at radius 3 is 2.09 bits per heavy atom. The monoisotopic (exact) mass is 305 g/mol. The SMILES string of the molecule is CCCOc1ccc(OCC(=O)N2CCCCCCC2)cc1. The van der Waals surface area contributed by atoms with Gasteiger partial charge < -0.3 is 14.4 Å². The molecule has 0 aliphatic carbocycles. The van der Waals surface area contributed by atoms with Gasteiger partial charge in [-0.05, 0) is 43.5 Å². The summed E-state index contributed by atoms with van der Waals surface area (Å²) in [7, 11) is 0. The van der Waals surface area contributed by atoms with Crippen molar-refractivity contribution in [3.8, 4) is 11.5 Å². The molecule has 122 valence electrons. The molecule has 0 aromatic heterocycles. The molecule has 4 nitrogen and oxygen atoms in total. The first-order valence-electron chi connectivity index (χ1n) is 8.43. The molecule has 22 heavy (non-hydrogen) atoms. The molecule has 1 saturated heterocycles. The van der Waals surface area contributed by atoms with E-state index >= 15 is 0 Å². The van der Waals surface area contributed by atoms with Gasteiger partial charge in [0.2, 0.25) is 0 Å². The fourth-order valence-electron chi connectivity index (χ4n) is 2.59. The Labute approximate surface area is 133 Å². The molecule has 1 aliphatic rings. The summed E-state index contributed by atoms with van der Waals surface area (Å²) >= 11 is 0. The maximum Gasteiger partial charge on any atom is 0.260 e. The lowest BCUT2D eigenvalue weighted by Gasteiger charge is -2.24. The summed E-state index contributed by atoms with van der Waals surface area (Å²) in [5.41, 5.74) is 0. The molecule has 0 saturated carbocycles. The standard InChI is InChI=1S/C18H27NO3/c1-2-14-21-16-8-10-17(11-9-16)22-15-18(20)19-12-6-4-3-5-7-13-19/h8-11H,2-7,12-15H2,1H3. The lowest BCUT2D eigenvalue weighted by molar-refractivity contribution is -0.133. The van der Waals surface area contributed by atoms with Gasteiger partial charge in [0, 0.05) is 13.1 Å². The minimum atomic E-state index is 0.0909. The Kier molecular flexibility index (Phi) is 7.07. The third-order valence-electron chi connectivity index (χ3n) is 3.87. The molecule has 1 aromatic rings. The third-order valence-corrected chi connectivity index (χ3v) is 3.87. The van der Waals surface area contributed by atoms with Crippen molar-refractivity contribution in [3.63, 3.8) is 0 Å². The molecule has 0 radical (unpaired) electrons. The van der Waals surface area contributed by atoms with Crippen molar-refractivity contribution >= 4 is 5.91 Å². The molecule has 1 aromatic carbocycles. The summed E-state index contributed by atoms with van der Waals surface area (Å²) in [6.07, 6.45) is 6.95. The van der Waals surface area contributed by atoms with Gasteiger partial charge in [-0.15, -0.1) is 0 Å². The molecule has 1 fully saturated rings. The molecule has 0 spiro atoms. The van der Waals surface area contributed by atoms with E-state index in [0.29, 0.717) is 12.4 Å². The number of benzene rings is 1. The lowest BCUT2D eigenvalue weighted by Crippen LogP contribution is -2.37. The molecule has 1 aliphatic heterocycles. The van der Waals surface area contributed by atoms with E-state index < -0.39 is 0 Å². The van der Waals surface area contributed by atoms with Gasteiger partial charge in [-0.3, -0.25) is 4.79 Å². The van der Waals surface area contributed by atoms with Gasteiger partial charge in [-0.25, -0.2) is 0 Å². The smallest absolute Gasteiger partial charge is 0.260 e. The predicted molar refractivity (Wildman–Crippen MR) is 87.4 cm³/mol. The summed E-state index contributed by atoms with van der Waals surface area (Å²) in [5.74, 6) is 1.64. The zero-order chi connectivity index (χ0) is 15.6. The van der Waals surface area contributed by atoms with Gasteiger partial charge >= 0.3 is 0 Å². The highest BCUT2D eigenvalue weighted by Crippen LogP contribution is 2.18. The summed E-state index contributed by atoms with van der Waals surface area (Å²) < 4.78 is 11.1. The summed E-state index contributed by atoms with van der Waals surface area (Å²) in [4.78, 5) is 14.2. The van der Waals surface area contributed by atoms with Crippen LogP contribution in [0.4, 0.5) is 0 Å². The second-order valence-electron chi connectivity index (χ2n) is 5.76. The van der Waals surface area contributed by atoms with Crippen molar-refractivity contribution in [2.45, 2.75) is 45.4 Å². The number of hydrogen-bond acceptors (Lipinski definition) is 3. The molecule has 0 atom stereocenters. The summed E-state index contributed by atoms with van der Waals surface area (Å²) in [6, 6.07) is 7.47. The van der Waals surface area contributed by atoms with Crippen molar-refractivity contribution in [3.05, 3.63) is 24.3 Å². The fourth-order valence-corrected chi connectivity index (χ4v) is 2.59. The topological polar surface area (TPSA) is 38.8 Å². The van der Waals surface area contributed by atoms with Crippen molar-refractivity contribution in [2.24, 2.45) is 0 Å². The Morgan fingerprint density at radius 2 is 1.50 bits per heavy atom. The maximum atomic E-state index is 12.2. The van der Waals surface area contributed by atoms with Crippen LogP contribution in [-0.4, -0.2) is 37.1 Å². The number of hydrogen-bond donors (Lipinski definition) is 0. The number of nitrogens with zero attached hydrogens (tertiary/aromatic N) is 1. The van der Waals surface area contributed by atoms with E-state index in [-0.39, 0.29) is 12.5 Å². The van der Waals surface area contributed by atoms with Crippen LogP contribution in [0.3, 0.4) is 0 Å². The van der Waals surface area contributed by atoms with Gasteiger partial charge in [0.05, 0.1) is 6.61 Å². The highest BCUT2D eigenvalue weighted by atomic mass is 16.5. The van der Waals surface area contributed by atoms with E-state index in [2.05, 4.69) is 6.92 Å². The van der Waals surface area contributed by atoms with Crippen LogP contribution in [0, 0.1) is 0 Å². The van der Waals surface area contributed by atoms with E-state index in [1.165, 1.54) is 19.3 Å². The second-order valence-corrected chi connectivity index (χ2v) is 5.76. The van der Waals surface area contributed by atoms with Crippen LogP contribution in [0.2, 0.25) is 0 Å². The minimum absolute atomic E-state index is 0.0909. The van der Waals surface area contributed by atoms with Crippen LogP contribution in [0.15, 0.2) is 24.3 Å².